The van der Waals surface area contributed by atoms with Gasteiger partial charge in [-0.25, -0.2) is 4.79 Å². The van der Waals surface area contributed by atoms with Crippen molar-refractivity contribution in [2.45, 2.75) is 12.6 Å². The van der Waals surface area contributed by atoms with Crippen molar-refractivity contribution in [3.05, 3.63) is 106 Å². The summed E-state index contributed by atoms with van der Waals surface area (Å²) >= 11 is 6.12. The molecule has 1 fully saturated rings. The Hall–Kier alpha value is -2.66. The molecular formula is C25H25ClN2O2. The molecule has 0 spiro atoms. The molecule has 0 saturated carbocycles. The third kappa shape index (κ3) is 4.90. The second kappa shape index (κ2) is 9.43. The number of nitrogens with zero attached hydrogens (tertiary/aromatic N) is 2. The molecule has 1 atom stereocenters. The maximum atomic E-state index is 11.0. The summed E-state index contributed by atoms with van der Waals surface area (Å²) in [4.78, 5) is 16.0. The van der Waals surface area contributed by atoms with Crippen LogP contribution in [0.25, 0.3) is 0 Å². The van der Waals surface area contributed by atoms with Crippen LogP contribution in [0.3, 0.4) is 0 Å². The van der Waals surface area contributed by atoms with Gasteiger partial charge in [-0.1, -0.05) is 66.2 Å². The largest absolute Gasteiger partial charge is 0.478 e. The maximum Gasteiger partial charge on any atom is 0.335 e. The summed E-state index contributed by atoms with van der Waals surface area (Å²) in [5.74, 6) is -0.885. The smallest absolute Gasteiger partial charge is 0.335 e. The van der Waals surface area contributed by atoms with Crippen LogP contribution >= 0.6 is 11.6 Å². The van der Waals surface area contributed by atoms with E-state index in [9.17, 15) is 4.79 Å². The van der Waals surface area contributed by atoms with E-state index in [0.717, 1.165) is 43.3 Å². The molecule has 30 heavy (non-hydrogen) atoms. The number of carbonyl (C=O) groups is 1. The van der Waals surface area contributed by atoms with Crippen LogP contribution in [0.15, 0.2) is 78.9 Å². The SMILES string of the molecule is O=C(O)c1ccc(CN2CCN(C(c3ccccc3)c3ccc(Cl)cc3)CC2)cc1. The van der Waals surface area contributed by atoms with Crippen molar-refractivity contribution in [2.75, 3.05) is 26.2 Å². The van der Waals surface area contributed by atoms with Crippen molar-refractivity contribution in [3.63, 3.8) is 0 Å². The van der Waals surface area contributed by atoms with Crippen LogP contribution in [0.4, 0.5) is 0 Å². The molecule has 1 unspecified atom stereocenters. The van der Waals surface area contributed by atoms with E-state index >= 15 is 0 Å². The molecule has 0 aliphatic carbocycles. The number of benzene rings is 3. The zero-order valence-corrected chi connectivity index (χ0v) is 17.5. The molecule has 3 aromatic carbocycles. The number of piperazine rings is 1. The van der Waals surface area contributed by atoms with Crippen LogP contribution in [0.2, 0.25) is 5.02 Å². The molecule has 154 valence electrons. The summed E-state index contributed by atoms with van der Waals surface area (Å²) < 4.78 is 0. The Bertz CT molecular complexity index is 966. The molecule has 4 nitrogen and oxygen atoms in total. The van der Waals surface area contributed by atoms with Crippen molar-refractivity contribution in [3.8, 4) is 0 Å². The Labute approximate surface area is 182 Å². The van der Waals surface area contributed by atoms with Gasteiger partial charge in [-0.3, -0.25) is 9.80 Å². The quantitative estimate of drug-likeness (QED) is 0.613. The zero-order chi connectivity index (χ0) is 20.9. The van der Waals surface area contributed by atoms with Gasteiger partial charge in [-0.2, -0.15) is 0 Å². The number of hydrogen-bond donors (Lipinski definition) is 1. The van der Waals surface area contributed by atoms with Crippen molar-refractivity contribution >= 4 is 17.6 Å². The van der Waals surface area contributed by atoms with Crippen LogP contribution in [0, 0.1) is 0 Å². The van der Waals surface area contributed by atoms with Gasteiger partial charge in [0.2, 0.25) is 0 Å². The number of rotatable bonds is 6. The lowest BCUT2D eigenvalue weighted by atomic mass is 9.96. The van der Waals surface area contributed by atoms with Crippen LogP contribution in [0.1, 0.15) is 33.1 Å². The van der Waals surface area contributed by atoms with Gasteiger partial charge in [0.1, 0.15) is 0 Å². The first-order valence-electron chi connectivity index (χ1n) is 10.2. The van der Waals surface area contributed by atoms with Gasteiger partial charge < -0.3 is 5.11 Å². The van der Waals surface area contributed by atoms with Crippen molar-refractivity contribution in [2.24, 2.45) is 0 Å². The highest BCUT2D eigenvalue weighted by atomic mass is 35.5. The lowest BCUT2D eigenvalue weighted by Gasteiger charge is -2.40. The lowest BCUT2D eigenvalue weighted by Crippen LogP contribution is -2.47. The highest BCUT2D eigenvalue weighted by molar-refractivity contribution is 6.30. The molecule has 0 aromatic heterocycles. The number of halogens is 1. The van der Waals surface area contributed by atoms with Crippen LogP contribution < -0.4 is 0 Å². The molecule has 1 heterocycles. The van der Waals surface area contributed by atoms with Gasteiger partial charge in [-0.05, 0) is 41.0 Å². The molecule has 5 heteroatoms. The fraction of sp³-hybridized carbons (Fsp3) is 0.240. The molecule has 0 amide bonds. The summed E-state index contributed by atoms with van der Waals surface area (Å²) in [7, 11) is 0. The zero-order valence-electron chi connectivity index (χ0n) is 16.7. The normalized spacial score (nSPS) is 16.3. The predicted molar refractivity (Wildman–Crippen MR) is 120 cm³/mol. The van der Waals surface area contributed by atoms with Crippen molar-refractivity contribution in [1.29, 1.82) is 0 Å². The van der Waals surface area contributed by atoms with E-state index in [2.05, 4.69) is 52.3 Å². The van der Waals surface area contributed by atoms with E-state index in [0.29, 0.717) is 5.56 Å². The first kappa shape index (κ1) is 20.6. The molecule has 0 radical (unpaired) electrons. The molecule has 1 saturated heterocycles. The summed E-state index contributed by atoms with van der Waals surface area (Å²) in [5, 5.41) is 9.81. The number of aromatic carboxylic acids is 1. The van der Waals surface area contributed by atoms with E-state index < -0.39 is 5.97 Å². The molecule has 3 aromatic rings. The Balaban J connectivity index is 1.45. The van der Waals surface area contributed by atoms with Gasteiger partial charge >= 0.3 is 5.97 Å². The monoisotopic (exact) mass is 420 g/mol. The minimum Gasteiger partial charge on any atom is -0.478 e. The highest BCUT2D eigenvalue weighted by Gasteiger charge is 2.26. The third-order valence-electron chi connectivity index (χ3n) is 5.68. The van der Waals surface area contributed by atoms with Crippen LogP contribution in [-0.2, 0) is 6.54 Å². The maximum absolute atomic E-state index is 11.0. The van der Waals surface area contributed by atoms with Gasteiger partial charge in [-0.15, -0.1) is 0 Å². The molecule has 1 aliphatic heterocycles. The average molecular weight is 421 g/mol. The Morgan fingerprint density at radius 1 is 0.833 bits per heavy atom. The molecule has 4 rings (SSSR count). The van der Waals surface area contributed by atoms with E-state index in [-0.39, 0.29) is 6.04 Å². The van der Waals surface area contributed by atoms with Gasteiger partial charge in [0.15, 0.2) is 0 Å². The summed E-state index contributed by atoms with van der Waals surface area (Å²) in [6.45, 7) is 4.71. The second-order valence-electron chi connectivity index (χ2n) is 7.68. The first-order chi connectivity index (χ1) is 14.6. The van der Waals surface area contributed by atoms with Gasteiger partial charge in [0.05, 0.1) is 11.6 Å². The van der Waals surface area contributed by atoms with Crippen LogP contribution in [0.5, 0.6) is 0 Å². The fourth-order valence-corrected chi connectivity index (χ4v) is 4.21. The lowest BCUT2D eigenvalue weighted by molar-refractivity contribution is 0.0697. The Morgan fingerprint density at radius 3 is 2.03 bits per heavy atom. The minimum absolute atomic E-state index is 0.209. The fourth-order valence-electron chi connectivity index (χ4n) is 4.09. The number of carboxylic acids is 1. The van der Waals surface area contributed by atoms with E-state index in [1.807, 2.05) is 24.3 Å². The molecular weight excluding hydrogens is 396 g/mol. The average Bonchev–Trinajstić information content (AvgIpc) is 2.78. The minimum atomic E-state index is -0.885. The first-order valence-corrected chi connectivity index (χ1v) is 10.6. The van der Waals surface area contributed by atoms with E-state index in [4.69, 9.17) is 16.7 Å². The van der Waals surface area contributed by atoms with Gasteiger partial charge in [0, 0.05) is 37.7 Å². The second-order valence-corrected chi connectivity index (χ2v) is 8.12. The molecule has 1 N–H and O–H groups in total. The van der Waals surface area contributed by atoms with E-state index in [1.165, 1.54) is 11.1 Å². The van der Waals surface area contributed by atoms with E-state index in [1.54, 1.807) is 12.1 Å². The summed E-state index contributed by atoms with van der Waals surface area (Å²) in [6.07, 6.45) is 0. The summed E-state index contributed by atoms with van der Waals surface area (Å²) in [6, 6.07) is 26.2. The third-order valence-corrected chi connectivity index (χ3v) is 5.93. The number of hydrogen-bond acceptors (Lipinski definition) is 3. The Kier molecular flexibility index (Phi) is 6.48. The van der Waals surface area contributed by atoms with Gasteiger partial charge in [0.25, 0.3) is 0 Å². The topological polar surface area (TPSA) is 43.8 Å². The summed E-state index contributed by atoms with van der Waals surface area (Å²) in [5.41, 5.74) is 4.02. The van der Waals surface area contributed by atoms with Crippen molar-refractivity contribution < 1.29 is 9.90 Å². The Morgan fingerprint density at radius 2 is 1.43 bits per heavy atom. The predicted octanol–water partition coefficient (Wildman–Crippen LogP) is 4.95. The highest BCUT2D eigenvalue weighted by Crippen LogP contribution is 2.30. The van der Waals surface area contributed by atoms with Crippen LogP contribution in [-0.4, -0.2) is 47.1 Å². The number of carboxylic acid groups (broad SMARTS) is 1. The standard InChI is InChI=1S/C25H25ClN2O2/c26-23-12-10-21(11-13-23)24(20-4-2-1-3-5-20)28-16-14-27(15-17-28)18-19-6-8-22(9-7-19)25(29)30/h1-13,24H,14-18H2,(H,29,30). The van der Waals surface area contributed by atoms with Crippen molar-refractivity contribution in [1.82, 2.24) is 9.80 Å². The molecule has 0 bridgehead atoms. The molecule has 1 aliphatic rings.